The van der Waals surface area contributed by atoms with Gasteiger partial charge in [0.15, 0.2) is 12.2 Å². The summed E-state index contributed by atoms with van der Waals surface area (Å²) in [5.74, 6) is -2.92. The Hall–Kier alpha value is -1.14. The van der Waals surface area contributed by atoms with Gasteiger partial charge in [-0.3, -0.25) is 9.59 Å². The Balaban J connectivity index is 2.27. The molecule has 0 amide bonds. The summed E-state index contributed by atoms with van der Waals surface area (Å²) >= 11 is 0. The minimum Gasteiger partial charge on any atom is -0.481 e. The zero-order valence-corrected chi connectivity index (χ0v) is 12.9. The molecular weight excluding hydrogens is 276 g/mol. The number of esters is 1. The van der Waals surface area contributed by atoms with Crippen LogP contribution in [0.15, 0.2) is 0 Å². The third-order valence-electron chi connectivity index (χ3n) is 3.55. The summed E-state index contributed by atoms with van der Waals surface area (Å²) in [7, 11) is 0. The van der Waals surface area contributed by atoms with Crippen LogP contribution < -0.4 is 0 Å². The summed E-state index contributed by atoms with van der Waals surface area (Å²) in [4.78, 5) is 22.9. The highest BCUT2D eigenvalue weighted by molar-refractivity contribution is 5.93. The molecule has 0 saturated carbocycles. The maximum Gasteiger partial charge on any atom is 0.320 e. The van der Waals surface area contributed by atoms with Crippen molar-refractivity contribution in [2.75, 3.05) is 13.2 Å². The molecule has 1 fully saturated rings. The molecule has 6 nitrogen and oxygen atoms in total. The summed E-state index contributed by atoms with van der Waals surface area (Å²) < 4.78 is 16.0. The molecule has 3 unspecified atom stereocenters. The van der Waals surface area contributed by atoms with Crippen LogP contribution in [0.3, 0.4) is 0 Å². The molecule has 0 spiro atoms. The minimum absolute atomic E-state index is 0.186. The maximum absolute atomic E-state index is 11.8. The minimum atomic E-state index is -1.14. The van der Waals surface area contributed by atoms with Crippen LogP contribution >= 0.6 is 0 Å². The third-order valence-corrected chi connectivity index (χ3v) is 3.55. The maximum atomic E-state index is 11.8. The van der Waals surface area contributed by atoms with Crippen LogP contribution in [0.1, 0.15) is 52.4 Å². The second-order valence-electron chi connectivity index (χ2n) is 5.36. The van der Waals surface area contributed by atoms with Crippen molar-refractivity contribution in [3.05, 3.63) is 0 Å². The van der Waals surface area contributed by atoms with E-state index >= 15 is 0 Å². The van der Waals surface area contributed by atoms with E-state index in [0.29, 0.717) is 26.1 Å². The number of ether oxygens (including phenoxy) is 3. The topological polar surface area (TPSA) is 82.1 Å². The van der Waals surface area contributed by atoms with E-state index in [4.69, 9.17) is 19.3 Å². The van der Waals surface area contributed by atoms with E-state index in [9.17, 15) is 9.59 Å². The number of rotatable bonds is 9. The second kappa shape index (κ2) is 9.73. The van der Waals surface area contributed by atoms with Crippen molar-refractivity contribution in [1.29, 1.82) is 0 Å². The van der Waals surface area contributed by atoms with E-state index < -0.39 is 17.9 Å². The number of carbonyl (C=O) groups is 2. The quantitative estimate of drug-likeness (QED) is 0.400. The monoisotopic (exact) mass is 302 g/mol. The van der Waals surface area contributed by atoms with Crippen molar-refractivity contribution in [2.24, 2.45) is 5.92 Å². The van der Waals surface area contributed by atoms with Gasteiger partial charge in [0, 0.05) is 13.2 Å². The highest BCUT2D eigenvalue weighted by Crippen LogP contribution is 2.16. The fourth-order valence-corrected chi connectivity index (χ4v) is 2.05. The molecule has 0 radical (unpaired) electrons. The number of carboxylic acid groups (broad SMARTS) is 1. The molecule has 0 aromatic heterocycles. The summed E-state index contributed by atoms with van der Waals surface area (Å²) in [6.45, 7) is 4.74. The third kappa shape index (κ3) is 6.91. The Labute approximate surface area is 125 Å². The van der Waals surface area contributed by atoms with E-state index in [0.717, 1.165) is 19.3 Å². The van der Waals surface area contributed by atoms with Crippen LogP contribution in [0.25, 0.3) is 0 Å². The fraction of sp³-hybridized carbons (Fsp3) is 0.867. The zero-order valence-electron chi connectivity index (χ0n) is 12.9. The molecule has 6 heteroatoms. The first kappa shape index (κ1) is 17.9. The molecule has 1 aliphatic heterocycles. The van der Waals surface area contributed by atoms with Gasteiger partial charge in [-0.25, -0.2) is 0 Å². The summed E-state index contributed by atoms with van der Waals surface area (Å²) in [5.41, 5.74) is 0. The van der Waals surface area contributed by atoms with Crippen LogP contribution in [-0.4, -0.2) is 42.7 Å². The summed E-state index contributed by atoms with van der Waals surface area (Å²) in [6, 6.07) is 0. The molecule has 21 heavy (non-hydrogen) atoms. The first-order valence-corrected chi connectivity index (χ1v) is 7.71. The van der Waals surface area contributed by atoms with Gasteiger partial charge in [-0.15, -0.1) is 0 Å². The van der Waals surface area contributed by atoms with Crippen LogP contribution in [0.4, 0.5) is 0 Å². The lowest BCUT2D eigenvalue weighted by Crippen LogP contribution is -2.29. The first-order valence-electron chi connectivity index (χ1n) is 7.71. The normalized spacial score (nSPS) is 21.5. The number of aliphatic carboxylic acids is 1. The molecule has 1 N–H and O–H groups in total. The predicted octanol–water partition coefficient (Wildman–Crippen LogP) is 2.35. The van der Waals surface area contributed by atoms with Gasteiger partial charge in [0.05, 0.1) is 6.10 Å². The fourth-order valence-electron chi connectivity index (χ4n) is 2.05. The van der Waals surface area contributed by atoms with Crippen molar-refractivity contribution < 1.29 is 28.9 Å². The van der Waals surface area contributed by atoms with Crippen molar-refractivity contribution in [3.8, 4) is 0 Å². The molecule has 122 valence electrons. The SMILES string of the molecule is CCC(C)OC(=O)C(CCCOC1CCCCO1)C(=O)O. The second-order valence-corrected chi connectivity index (χ2v) is 5.36. The van der Waals surface area contributed by atoms with Gasteiger partial charge in [0.2, 0.25) is 0 Å². The van der Waals surface area contributed by atoms with Crippen LogP contribution in [0, 0.1) is 5.92 Å². The highest BCUT2D eigenvalue weighted by atomic mass is 16.7. The van der Waals surface area contributed by atoms with Crippen molar-refractivity contribution in [3.63, 3.8) is 0 Å². The van der Waals surface area contributed by atoms with E-state index in [2.05, 4.69) is 0 Å². The van der Waals surface area contributed by atoms with Crippen LogP contribution in [0.2, 0.25) is 0 Å². The molecule has 1 rings (SSSR count). The smallest absolute Gasteiger partial charge is 0.320 e. The predicted molar refractivity (Wildman–Crippen MR) is 75.7 cm³/mol. The molecule has 1 aliphatic rings. The van der Waals surface area contributed by atoms with Gasteiger partial charge < -0.3 is 19.3 Å². The zero-order chi connectivity index (χ0) is 15.7. The number of carbonyl (C=O) groups excluding carboxylic acids is 1. The lowest BCUT2D eigenvalue weighted by Gasteiger charge is -2.23. The number of hydrogen-bond donors (Lipinski definition) is 1. The molecule has 3 atom stereocenters. The lowest BCUT2D eigenvalue weighted by atomic mass is 10.0. The van der Waals surface area contributed by atoms with Gasteiger partial charge in [0.1, 0.15) is 0 Å². The molecular formula is C15H26O6. The Morgan fingerprint density at radius 1 is 1.38 bits per heavy atom. The van der Waals surface area contributed by atoms with E-state index in [-0.39, 0.29) is 18.8 Å². The molecule has 1 saturated heterocycles. The standard InChI is InChI=1S/C15H26O6/c1-3-11(2)21-15(18)12(14(16)17)7-6-10-20-13-8-4-5-9-19-13/h11-13H,3-10H2,1-2H3,(H,16,17). The average molecular weight is 302 g/mol. The Bertz CT molecular complexity index is 324. The van der Waals surface area contributed by atoms with Crippen LogP contribution in [-0.2, 0) is 23.8 Å². The lowest BCUT2D eigenvalue weighted by molar-refractivity contribution is -0.166. The van der Waals surface area contributed by atoms with E-state index in [1.807, 2.05) is 6.92 Å². The van der Waals surface area contributed by atoms with Gasteiger partial charge in [0.25, 0.3) is 0 Å². The number of hydrogen-bond acceptors (Lipinski definition) is 5. The Morgan fingerprint density at radius 2 is 2.14 bits per heavy atom. The molecule has 0 bridgehead atoms. The van der Waals surface area contributed by atoms with E-state index in [1.165, 1.54) is 0 Å². The van der Waals surface area contributed by atoms with Crippen molar-refractivity contribution >= 4 is 11.9 Å². The molecule has 0 aromatic carbocycles. The summed E-state index contributed by atoms with van der Waals surface area (Å²) in [5, 5.41) is 9.11. The number of carboxylic acids is 1. The van der Waals surface area contributed by atoms with Crippen LogP contribution in [0.5, 0.6) is 0 Å². The first-order chi connectivity index (χ1) is 10.0. The van der Waals surface area contributed by atoms with Gasteiger partial charge in [-0.2, -0.15) is 0 Å². The van der Waals surface area contributed by atoms with Gasteiger partial charge in [-0.1, -0.05) is 6.92 Å². The Morgan fingerprint density at radius 3 is 2.71 bits per heavy atom. The highest BCUT2D eigenvalue weighted by Gasteiger charge is 2.28. The summed E-state index contributed by atoms with van der Waals surface area (Å²) in [6.07, 6.45) is 3.95. The largest absolute Gasteiger partial charge is 0.481 e. The Kier molecular flexibility index (Phi) is 8.30. The van der Waals surface area contributed by atoms with Crippen molar-refractivity contribution in [2.45, 2.75) is 64.8 Å². The van der Waals surface area contributed by atoms with E-state index in [1.54, 1.807) is 6.92 Å². The molecule has 0 aliphatic carbocycles. The average Bonchev–Trinajstić information content (AvgIpc) is 2.47. The van der Waals surface area contributed by atoms with Gasteiger partial charge >= 0.3 is 11.9 Å². The van der Waals surface area contributed by atoms with Crippen molar-refractivity contribution in [1.82, 2.24) is 0 Å². The molecule has 0 aromatic rings. The van der Waals surface area contributed by atoms with Gasteiger partial charge in [-0.05, 0) is 45.4 Å². The molecule has 1 heterocycles.